The smallest absolute Gasteiger partial charge is 0.337 e. The van der Waals surface area contributed by atoms with E-state index in [9.17, 15) is 19.5 Å². The average molecular weight is 384 g/mol. The molecule has 0 saturated carbocycles. The van der Waals surface area contributed by atoms with Gasteiger partial charge >= 0.3 is 17.9 Å². The molecular weight excluding hydrogens is 360 g/mol. The molecule has 0 heterocycles. The van der Waals surface area contributed by atoms with Crippen molar-refractivity contribution in [1.29, 1.82) is 0 Å². The number of carbonyl (C=O) groups is 3. The number of thioether (sulfide) groups is 1. The molecule has 0 aliphatic carbocycles. The molecule has 0 spiro atoms. The number of aliphatic carboxylic acids is 2. The van der Waals surface area contributed by atoms with E-state index in [1.165, 1.54) is 11.8 Å². The van der Waals surface area contributed by atoms with Crippen LogP contribution in [-0.4, -0.2) is 55.4 Å². The first-order chi connectivity index (χ1) is 12.2. The minimum absolute atomic E-state index is 0.148. The first-order valence-corrected chi connectivity index (χ1v) is 9.47. The number of rotatable bonds is 13. The van der Waals surface area contributed by atoms with E-state index in [1.54, 1.807) is 12.1 Å². The molecule has 1 aromatic carbocycles. The van der Waals surface area contributed by atoms with Crippen LogP contribution in [0.2, 0.25) is 0 Å². The van der Waals surface area contributed by atoms with Crippen LogP contribution in [0.25, 0.3) is 0 Å². The monoisotopic (exact) mass is 384 g/mol. The first kappa shape index (κ1) is 22.0. The van der Waals surface area contributed by atoms with Crippen molar-refractivity contribution in [1.82, 2.24) is 0 Å². The van der Waals surface area contributed by atoms with Crippen LogP contribution in [0, 0.1) is 0 Å². The van der Waals surface area contributed by atoms with Crippen LogP contribution in [0.5, 0.6) is 0 Å². The van der Waals surface area contributed by atoms with Gasteiger partial charge in [-0.3, -0.25) is 4.79 Å². The maximum Gasteiger partial charge on any atom is 0.337 e. The van der Waals surface area contributed by atoms with Crippen LogP contribution in [0.3, 0.4) is 0 Å². The zero-order valence-electron chi connectivity index (χ0n) is 14.4. The summed E-state index contributed by atoms with van der Waals surface area (Å²) in [6, 6.07) is 6.81. The van der Waals surface area contributed by atoms with Gasteiger partial charge in [0.2, 0.25) is 0 Å². The number of carboxylic acids is 3. The quantitative estimate of drug-likeness (QED) is 0.381. The molecule has 8 heteroatoms. The summed E-state index contributed by atoms with van der Waals surface area (Å²) in [5, 5.41) is 36.3. The van der Waals surface area contributed by atoms with E-state index >= 15 is 0 Å². The van der Waals surface area contributed by atoms with Gasteiger partial charge in [0.25, 0.3) is 0 Å². The Morgan fingerprint density at radius 2 is 1.54 bits per heavy atom. The number of aliphatic hydroxyl groups is 1. The first-order valence-electron chi connectivity index (χ1n) is 8.32. The molecule has 7 nitrogen and oxygen atoms in total. The lowest BCUT2D eigenvalue weighted by Crippen LogP contribution is -2.43. The number of carboxylic acid groups (broad SMARTS) is 3. The van der Waals surface area contributed by atoms with E-state index in [2.05, 4.69) is 0 Å². The minimum Gasteiger partial charge on any atom is -0.481 e. The largest absolute Gasteiger partial charge is 0.481 e. The normalized spacial score (nSPS) is 13.1. The number of aromatic carboxylic acids is 1. The van der Waals surface area contributed by atoms with E-state index in [0.29, 0.717) is 5.75 Å². The van der Waals surface area contributed by atoms with E-state index in [1.807, 2.05) is 12.1 Å². The van der Waals surface area contributed by atoms with Gasteiger partial charge in [-0.05, 0) is 42.7 Å². The fraction of sp³-hybridized carbons (Fsp3) is 0.500. The molecule has 0 fully saturated rings. The summed E-state index contributed by atoms with van der Waals surface area (Å²) < 4.78 is 0. The second-order valence-electron chi connectivity index (χ2n) is 6.13. The van der Waals surface area contributed by atoms with Crippen molar-refractivity contribution < 1.29 is 34.8 Å². The minimum atomic E-state index is -2.22. The predicted octanol–water partition coefficient (Wildman–Crippen LogP) is 2.51. The number of hydrogen-bond acceptors (Lipinski definition) is 5. The maximum absolute atomic E-state index is 11.0. The van der Waals surface area contributed by atoms with Crippen molar-refractivity contribution in [3.63, 3.8) is 0 Å². The van der Waals surface area contributed by atoms with E-state index in [-0.39, 0.29) is 11.3 Å². The van der Waals surface area contributed by atoms with Crippen molar-refractivity contribution in [3.05, 3.63) is 35.4 Å². The molecule has 0 aliphatic rings. The van der Waals surface area contributed by atoms with Crippen LogP contribution in [0.4, 0.5) is 0 Å². The molecule has 26 heavy (non-hydrogen) atoms. The van der Waals surface area contributed by atoms with Gasteiger partial charge < -0.3 is 20.4 Å². The summed E-state index contributed by atoms with van der Waals surface area (Å²) in [6.07, 6.45) is 3.81. The van der Waals surface area contributed by atoms with E-state index in [0.717, 1.165) is 37.7 Å². The van der Waals surface area contributed by atoms with Gasteiger partial charge in [0.15, 0.2) is 5.60 Å². The van der Waals surface area contributed by atoms with Crippen LogP contribution in [-0.2, 0) is 16.0 Å². The van der Waals surface area contributed by atoms with Crippen molar-refractivity contribution in [2.45, 2.75) is 44.1 Å². The molecule has 1 aromatic rings. The summed E-state index contributed by atoms with van der Waals surface area (Å²) in [7, 11) is 0. The predicted molar refractivity (Wildman–Crippen MR) is 97.7 cm³/mol. The fourth-order valence-electron chi connectivity index (χ4n) is 2.38. The molecule has 0 aliphatic heterocycles. The highest BCUT2D eigenvalue weighted by molar-refractivity contribution is 7.99. The zero-order chi connectivity index (χ0) is 19.6. The van der Waals surface area contributed by atoms with Gasteiger partial charge in [-0.15, -0.1) is 0 Å². The van der Waals surface area contributed by atoms with Gasteiger partial charge in [0.1, 0.15) is 0 Å². The lowest BCUT2D eigenvalue weighted by Gasteiger charge is -2.20. The van der Waals surface area contributed by atoms with Crippen LogP contribution >= 0.6 is 11.8 Å². The lowest BCUT2D eigenvalue weighted by atomic mass is 10.0. The Balaban J connectivity index is 2.16. The highest BCUT2D eigenvalue weighted by Gasteiger charge is 2.38. The Hall–Kier alpha value is -2.06. The van der Waals surface area contributed by atoms with Crippen molar-refractivity contribution >= 4 is 29.7 Å². The summed E-state index contributed by atoms with van der Waals surface area (Å²) in [4.78, 5) is 32.4. The van der Waals surface area contributed by atoms with Crippen molar-refractivity contribution in [2.24, 2.45) is 0 Å². The van der Waals surface area contributed by atoms with Crippen LogP contribution < -0.4 is 0 Å². The maximum atomic E-state index is 11.0. The number of benzene rings is 1. The van der Waals surface area contributed by atoms with Gasteiger partial charge in [-0.25, -0.2) is 9.59 Å². The van der Waals surface area contributed by atoms with Crippen molar-refractivity contribution in [2.75, 3.05) is 11.5 Å². The molecule has 144 valence electrons. The fourth-order valence-corrected chi connectivity index (χ4v) is 3.50. The molecule has 0 saturated heterocycles. The number of hydrogen-bond donors (Lipinski definition) is 4. The van der Waals surface area contributed by atoms with Crippen LogP contribution in [0.15, 0.2) is 24.3 Å². The Labute approximate surface area is 156 Å². The Bertz CT molecular complexity index is 614. The molecule has 0 aromatic heterocycles. The van der Waals surface area contributed by atoms with Gasteiger partial charge in [0.05, 0.1) is 12.0 Å². The van der Waals surface area contributed by atoms with Gasteiger partial charge in [-0.2, -0.15) is 11.8 Å². The number of unbranched alkanes of at least 4 members (excludes halogenated alkanes) is 3. The second-order valence-corrected chi connectivity index (χ2v) is 7.23. The molecule has 1 rings (SSSR count). The molecule has 0 bridgehead atoms. The summed E-state index contributed by atoms with van der Waals surface area (Å²) in [5.74, 6) is -3.28. The summed E-state index contributed by atoms with van der Waals surface area (Å²) in [6.45, 7) is 0. The SMILES string of the molecule is O=C(O)CC(O)(CSCCCCCCc1ccc(C(=O)O)cc1)C(=O)O. The lowest BCUT2D eigenvalue weighted by molar-refractivity contribution is -0.162. The molecule has 0 radical (unpaired) electrons. The standard InChI is InChI=1S/C18H24O7S/c19-15(20)11-18(25,17(23)24)12-26-10-4-2-1-3-5-13-6-8-14(9-7-13)16(21)22/h6-9,25H,1-5,10-12H2,(H,19,20)(H,21,22)(H,23,24). The molecule has 1 atom stereocenters. The van der Waals surface area contributed by atoms with Crippen molar-refractivity contribution in [3.8, 4) is 0 Å². The number of aryl methyl sites for hydroxylation is 1. The highest BCUT2D eigenvalue weighted by atomic mass is 32.2. The topological polar surface area (TPSA) is 132 Å². The molecule has 0 amide bonds. The van der Waals surface area contributed by atoms with E-state index < -0.39 is 29.9 Å². The average Bonchev–Trinajstić information content (AvgIpc) is 2.56. The second kappa shape index (κ2) is 10.8. The Morgan fingerprint density at radius 3 is 2.08 bits per heavy atom. The highest BCUT2D eigenvalue weighted by Crippen LogP contribution is 2.20. The Kier molecular flexibility index (Phi) is 9.15. The van der Waals surface area contributed by atoms with Gasteiger partial charge in [-0.1, -0.05) is 25.0 Å². The third-order valence-corrected chi connectivity index (χ3v) is 5.15. The van der Waals surface area contributed by atoms with Gasteiger partial charge in [0, 0.05) is 5.75 Å². The van der Waals surface area contributed by atoms with E-state index in [4.69, 9.17) is 15.3 Å². The zero-order valence-corrected chi connectivity index (χ0v) is 15.2. The Morgan fingerprint density at radius 1 is 0.923 bits per heavy atom. The summed E-state index contributed by atoms with van der Waals surface area (Å²) >= 11 is 1.24. The molecule has 1 unspecified atom stereocenters. The van der Waals surface area contributed by atoms with Crippen LogP contribution in [0.1, 0.15) is 48.0 Å². The third kappa shape index (κ3) is 7.88. The molecule has 4 N–H and O–H groups in total. The summed E-state index contributed by atoms with van der Waals surface area (Å²) in [5.41, 5.74) is -0.863. The third-order valence-electron chi connectivity index (χ3n) is 3.89. The molecular formula is C18H24O7S.